The first-order chi connectivity index (χ1) is 13.4. The molecule has 2 aliphatic rings. The number of carbonyl (C=O) groups excluding carboxylic acids is 2. The van der Waals surface area contributed by atoms with E-state index >= 15 is 0 Å². The van der Waals surface area contributed by atoms with Crippen molar-refractivity contribution in [3.63, 3.8) is 0 Å². The Labute approximate surface area is 163 Å². The summed E-state index contributed by atoms with van der Waals surface area (Å²) < 4.78 is 5.46. The molecule has 3 heterocycles. The molecule has 148 valence electrons. The zero-order valence-corrected chi connectivity index (χ0v) is 15.9. The predicted molar refractivity (Wildman–Crippen MR) is 105 cm³/mol. The van der Waals surface area contributed by atoms with E-state index < -0.39 is 5.60 Å². The summed E-state index contributed by atoms with van der Waals surface area (Å²) in [6, 6.07) is 11.0. The number of aliphatic hydroxyl groups is 1. The number of nitrogens with one attached hydrogen (secondary N) is 2. The number of piperidine rings is 1. The van der Waals surface area contributed by atoms with Crippen LogP contribution in [0.2, 0.25) is 0 Å². The molecule has 0 spiro atoms. The van der Waals surface area contributed by atoms with Crippen LogP contribution < -0.4 is 10.6 Å². The molecule has 2 amide bonds. The molecule has 2 bridgehead atoms. The van der Waals surface area contributed by atoms with Crippen molar-refractivity contribution in [1.82, 2.24) is 4.90 Å². The third-order valence-electron chi connectivity index (χ3n) is 5.71. The second kappa shape index (κ2) is 7.41. The lowest BCUT2D eigenvalue weighted by Crippen LogP contribution is -2.51. The second-order valence-corrected chi connectivity index (χ2v) is 7.78. The maximum absolute atomic E-state index is 12.5. The lowest BCUT2D eigenvalue weighted by molar-refractivity contribution is -0.121. The van der Waals surface area contributed by atoms with Gasteiger partial charge in [0, 0.05) is 30.4 Å². The summed E-state index contributed by atoms with van der Waals surface area (Å²) in [5.74, 6) is 0.409. The number of hydrogen-bond acceptors (Lipinski definition) is 5. The number of furan rings is 1. The molecule has 0 radical (unpaired) electrons. The van der Waals surface area contributed by atoms with Crippen LogP contribution in [0.15, 0.2) is 47.1 Å². The molecule has 3 atom stereocenters. The monoisotopic (exact) mass is 383 g/mol. The fourth-order valence-electron chi connectivity index (χ4n) is 4.53. The Balaban J connectivity index is 1.36. The van der Waals surface area contributed by atoms with E-state index in [2.05, 4.69) is 15.5 Å². The fourth-order valence-corrected chi connectivity index (χ4v) is 4.53. The number of benzene rings is 1. The van der Waals surface area contributed by atoms with Crippen LogP contribution in [0.25, 0.3) is 0 Å². The molecule has 28 heavy (non-hydrogen) atoms. The Hall–Kier alpha value is -2.64. The smallest absolute Gasteiger partial charge is 0.238 e. The van der Waals surface area contributed by atoms with E-state index in [9.17, 15) is 14.7 Å². The van der Waals surface area contributed by atoms with Crippen LogP contribution in [0.3, 0.4) is 0 Å². The molecule has 2 aliphatic heterocycles. The Bertz CT molecular complexity index is 833. The van der Waals surface area contributed by atoms with E-state index in [1.54, 1.807) is 36.6 Å². The minimum Gasteiger partial charge on any atom is -0.466 e. The van der Waals surface area contributed by atoms with Gasteiger partial charge < -0.3 is 20.2 Å². The van der Waals surface area contributed by atoms with E-state index in [1.807, 2.05) is 6.07 Å². The molecule has 0 saturated carbocycles. The summed E-state index contributed by atoms with van der Waals surface area (Å²) >= 11 is 0. The van der Waals surface area contributed by atoms with Gasteiger partial charge in [0.1, 0.15) is 11.4 Å². The van der Waals surface area contributed by atoms with Gasteiger partial charge in [0.15, 0.2) is 0 Å². The van der Waals surface area contributed by atoms with Crippen LogP contribution in [0.4, 0.5) is 11.4 Å². The number of fused-ring (bicyclic) bond motifs is 2. The van der Waals surface area contributed by atoms with Crippen molar-refractivity contribution in [3.8, 4) is 0 Å². The SMILES string of the molecule is CC(=O)Nc1ccc(NC(=O)CN2[C@@H]3CC[C@H]2CC(O)(c2ccco2)C3)cc1. The van der Waals surface area contributed by atoms with Gasteiger partial charge in [-0.05, 0) is 62.1 Å². The third kappa shape index (κ3) is 3.81. The van der Waals surface area contributed by atoms with Crippen molar-refractivity contribution in [2.45, 2.75) is 50.3 Å². The van der Waals surface area contributed by atoms with Crippen LogP contribution in [-0.4, -0.2) is 40.4 Å². The van der Waals surface area contributed by atoms with Gasteiger partial charge in [0.25, 0.3) is 0 Å². The molecule has 2 saturated heterocycles. The lowest BCUT2D eigenvalue weighted by Gasteiger charge is -2.42. The highest BCUT2D eigenvalue weighted by Crippen LogP contribution is 2.45. The summed E-state index contributed by atoms with van der Waals surface area (Å²) in [7, 11) is 0. The molecular weight excluding hydrogens is 358 g/mol. The molecule has 7 heteroatoms. The van der Waals surface area contributed by atoms with Gasteiger partial charge in [0.05, 0.1) is 12.8 Å². The van der Waals surface area contributed by atoms with E-state index in [0.717, 1.165) is 12.8 Å². The Morgan fingerprint density at radius 3 is 2.25 bits per heavy atom. The predicted octanol–water partition coefficient (Wildman–Crippen LogP) is 2.69. The lowest BCUT2D eigenvalue weighted by atomic mass is 9.84. The van der Waals surface area contributed by atoms with Crippen molar-refractivity contribution in [1.29, 1.82) is 0 Å². The van der Waals surface area contributed by atoms with Gasteiger partial charge in [-0.2, -0.15) is 0 Å². The van der Waals surface area contributed by atoms with Gasteiger partial charge in [-0.1, -0.05) is 0 Å². The molecule has 1 aromatic carbocycles. The largest absolute Gasteiger partial charge is 0.466 e. The van der Waals surface area contributed by atoms with Crippen molar-refractivity contribution in [2.24, 2.45) is 0 Å². The Morgan fingerprint density at radius 1 is 1.11 bits per heavy atom. The summed E-state index contributed by atoms with van der Waals surface area (Å²) in [5.41, 5.74) is 0.439. The fraction of sp³-hybridized carbons (Fsp3) is 0.429. The summed E-state index contributed by atoms with van der Waals surface area (Å²) in [6.45, 7) is 1.76. The average Bonchev–Trinajstić information content (AvgIpc) is 3.25. The van der Waals surface area contributed by atoms with Gasteiger partial charge in [-0.3, -0.25) is 14.5 Å². The number of nitrogens with zero attached hydrogens (tertiary/aromatic N) is 1. The number of rotatable bonds is 5. The summed E-state index contributed by atoms with van der Waals surface area (Å²) in [5, 5.41) is 16.6. The highest BCUT2D eigenvalue weighted by atomic mass is 16.4. The first-order valence-corrected chi connectivity index (χ1v) is 9.62. The normalized spacial score (nSPS) is 26.8. The van der Waals surface area contributed by atoms with Gasteiger partial charge in [0.2, 0.25) is 11.8 Å². The summed E-state index contributed by atoms with van der Waals surface area (Å²) in [4.78, 5) is 25.8. The standard InChI is InChI=1S/C21H25N3O4/c1-14(25)22-15-4-6-16(7-5-15)23-20(26)13-24-17-8-9-18(24)12-21(27,11-17)19-3-2-10-28-19/h2-7,10,17-18,27H,8-9,11-13H2,1H3,(H,22,25)(H,23,26)/t17-,18+,21?. The molecule has 2 aromatic rings. The minimum atomic E-state index is -0.943. The number of hydrogen-bond donors (Lipinski definition) is 3. The Kier molecular flexibility index (Phi) is 4.95. The second-order valence-electron chi connectivity index (χ2n) is 7.78. The van der Waals surface area contributed by atoms with Crippen LogP contribution >= 0.6 is 0 Å². The molecule has 4 rings (SSSR count). The quantitative estimate of drug-likeness (QED) is 0.738. The van der Waals surface area contributed by atoms with E-state index in [-0.39, 0.29) is 23.9 Å². The Morgan fingerprint density at radius 2 is 1.71 bits per heavy atom. The summed E-state index contributed by atoms with van der Waals surface area (Å²) in [6.07, 6.45) is 4.70. The zero-order valence-electron chi connectivity index (χ0n) is 15.9. The molecular formula is C21H25N3O4. The molecule has 2 fully saturated rings. The van der Waals surface area contributed by atoms with Gasteiger partial charge in [-0.15, -0.1) is 0 Å². The number of amides is 2. The third-order valence-corrected chi connectivity index (χ3v) is 5.71. The van der Waals surface area contributed by atoms with Crippen LogP contribution in [0.5, 0.6) is 0 Å². The van der Waals surface area contributed by atoms with Crippen molar-refractivity contribution in [2.75, 3.05) is 17.2 Å². The molecule has 7 nitrogen and oxygen atoms in total. The molecule has 1 unspecified atom stereocenters. The maximum atomic E-state index is 12.5. The number of anilines is 2. The van der Waals surface area contributed by atoms with E-state index in [0.29, 0.717) is 36.5 Å². The van der Waals surface area contributed by atoms with Gasteiger partial charge >= 0.3 is 0 Å². The van der Waals surface area contributed by atoms with Crippen molar-refractivity contribution < 1.29 is 19.1 Å². The average molecular weight is 383 g/mol. The van der Waals surface area contributed by atoms with Crippen LogP contribution in [0, 0.1) is 0 Å². The maximum Gasteiger partial charge on any atom is 0.238 e. The first-order valence-electron chi connectivity index (χ1n) is 9.62. The van der Waals surface area contributed by atoms with Crippen LogP contribution in [-0.2, 0) is 15.2 Å². The topological polar surface area (TPSA) is 94.8 Å². The highest BCUT2D eigenvalue weighted by molar-refractivity contribution is 5.93. The molecule has 0 aliphatic carbocycles. The molecule has 1 aromatic heterocycles. The molecule has 3 N–H and O–H groups in total. The first kappa shape index (κ1) is 18.7. The highest BCUT2D eigenvalue weighted by Gasteiger charge is 2.49. The minimum absolute atomic E-state index is 0.0763. The van der Waals surface area contributed by atoms with E-state index in [4.69, 9.17) is 4.42 Å². The van der Waals surface area contributed by atoms with Gasteiger partial charge in [-0.25, -0.2) is 0 Å². The van der Waals surface area contributed by atoms with E-state index in [1.165, 1.54) is 6.92 Å². The van der Waals surface area contributed by atoms with Crippen molar-refractivity contribution >= 4 is 23.2 Å². The van der Waals surface area contributed by atoms with Crippen LogP contribution in [0.1, 0.15) is 38.4 Å². The number of carbonyl (C=O) groups is 2. The van der Waals surface area contributed by atoms with Crippen molar-refractivity contribution in [3.05, 3.63) is 48.4 Å². The zero-order chi connectivity index (χ0) is 19.7.